The van der Waals surface area contributed by atoms with Crippen LogP contribution < -0.4 is 9.80 Å². The summed E-state index contributed by atoms with van der Waals surface area (Å²) in [7, 11) is 0. The van der Waals surface area contributed by atoms with Crippen LogP contribution in [0.15, 0.2) is 48.5 Å². The number of hydrogen-bond acceptors (Lipinski definition) is 2. The zero-order valence-electron chi connectivity index (χ0n) is 17.7. The van der Waals surface area contributed by atoms with Gasteiger partial charge in [0.25, 0.3) is 5.91 Å². The highest BCUT2D eigenvalue weighted by Crippen LogP contribution is 2.43. The minimum absolute atomic E-state index is 0.00994. The minimum atomic E-state index is -0.495. The topological polar surface area (TPSA) is 40.6 Å². The molecule has 0 saturated heterocycles. The molecular weight excluding hydrogens is 348 g/mol. The van der Waals surface area contributed by atoms with Gasteiger partial charge in [0.15, 0.2) is 0 Å². The van der Waals surface area contributed by atoms with E-state index in [2.05, 4.69) is 18.2 Å². The molecule has 0 fully saturated rings. The average molecular weight is 379 g/mol. The van der Waals surface area contributed by atoms with Gasteiger partial charge in [-0.25, -0.2) is 0 Å². The summed E-state index contributed by atoms with van der Waals surface area (Å²) in [5.74, 6) is -0.0160. The summed E-state index contributed by atoms with van der Waals surface area (Å²) < 4.78 is 0. The van der Waals surface area contributed by atoms with Crippen LogP contribution in [0.1, 0.15) is 48.0 Å². The first-order chi connectivity index (χ1) is 13.2. The van der Waals surface area contributed by atoms with E-state index in [0.717, 1.165) is 22.5 Å². The maximum atomic E-state index is 13.5. The molecule has 1 unspecified atom stereocenters. The van der Waals surface area contributed by atoms with Crippen molar-refractivity contribution in [2.45, 2.75) is 59.5 Å². The Hall–Kier alpha value is -2.62. The van der Waals surface area contributed by atoms with Crippen LogP contribution in [0.2, 0.25) is 0 Å². The van der Waals surface area contributed by atoms with E-state index in [1.807, 2.05) is 76.8 Å². The monoisotopic (exact) mass is 378 g/mol. The van der Waals surface area contributed by atoms with Crippen LogP contribution in [0.4, 0.5) is 11.4 Å². The second kappa shape index (κ2) is 7.42. The van der Waals surface area contributed by atoms with Crippen molar-refractivity contribution in [1.29, 1.82) is 0 Å². The highest BCUT2D eigenvalue weighted by Gasteiger charge is 2.45. The minimum Gasteiger partial charge on any atom is -0.303 e. The van der Waals surface area contributed by atoms with Gasteiger partial charge in [-0.1, -0.05) is 57.2 Å². The summed E-state index contributed by atoms with van der Waals surface area (Å²) in [6.07, 6.45) is 0.362. The first kappa shape index (κ1) is 20.1. The van der Waals surface area contributed by atoms with E-state index < -0.39 is 6.04 Å². The van der Waals surface area contributed by atoms with Crippen molar-refractivity contribution in [3.8, 4) is 11.1 Å². The molecule has 28 heavy (non-hydrogen) atoms. The van der Waals surface area contributed by atoms with Crippen LogP contribution in [0.5, 0.6) is 0 Å². The van der Waals surface area contributed by atoms with Crippen LogP contribution in [0.3, 0.4) is 0 Å². The van der Waals surface area contributed by atoms with Crippen LogP contribution >= 0.6 is 0 Å². The average Bonchev–Trinajstić information content (AvgIpc) is 2.65. The molecule has 1 atom stereocenters. The van der Waals surface area contributed by atoms with Gasteiger partial charge in [0.05, 0.1) is 11.4 Å². The molecule has 0 saturated carbocycles. The molecule has 0 aromatic heterocycles. The lowest BCUT2D eigenvalue weighted by molar-refractivity contribution is -0.126. The van der Waals surface area contributed by atoms with Gasteiger partial charge in [-0.15, -0.1) is 0 Å². The molecule has 4 nitrogen and oxygen atoms in total. The summed E-state index contributed by atoms with van der Waals surface area (Å²) in [4.78, 5) is 30.0. The number of anilines is 2. The fraction of sp³-hybridized carbons (Fsp3) is 0.417. The summed E-state index contributed by atoms with van der Waals surface area (Å²) in [6.45, 7) is 12.0. The number of benzene rings is 2. The Bertz CT molecular complexity index is 881. The summed E-state index contributed by atoms with van der Waals surface area (Å²) in [5.41, 5.74) is 3.37. The molecule has 0 spiro atoms. The molecule has 1 heterocycles. The largest absolute Gasteiger partial charge is 0.303 e. The lowest BCUT2D eigenvalue weighted by Gasteiger charge is -2.48. The Balaban J connectivity index is 2.27. The summed E-state index contributed by atoms with van der Waals surface area (Å²) in [6, 6.07) is 15.7. The number of carbonyl (C=O) groups is 2. The first-order valence-electron chi connectivity index (χ1n) is 10.0. The van der Waals surface area contributed by atoms with Crippen LogP contribution in [-0.2, 0) is 9.59 Å². The number of fused-ring (bicyclic) bond motifs is 1. The van der Waals surface area contributed by atoms with E-state index in [4.69, 9.17) is 0 Å². The number of hydrogen-bond donors (Lipinski definition) is 0. The van der Waals surface area contributed by atoms with Gasteiger partial charge in [-0.05, 0) is 49.9 Å². The Morgan fingerprint density at radius 2 is 1.64 bits per heavy atom. The molecule has 4 heteroatoms. The van der Waals surface area contributed by atoms with Gasteiger partial charge in [0.2, 0.25) is 5.91 Å². The molecule has 3 rings (SSSR count). The molecule has 148 valence electrons. The quantitative estimate of drug-likeness (QED) is 0.730. The third-order valence-electron chi connectivity index (χ3n) is 5.21. The Morgan fingerprint density at radius 3 is 2.18 bits per heavy atom. The zero-order valence-corrected chi connectivity index (χ0v) is 17.7. The highest BCUT2D eigenvalue weighted by atomic mass is 16.2. The second-order valence-electron chi connectivity index (χ2n) is 8.72. The predicted octanol–water partition coefficient (Wildman–Crippen LogP) is 5.27. The lowest BCUT2D eigenvalue weighted by Crippen LogP contribution is -2.62. The van der Waals surface area contributed by atoms with E-state index >= 15 is 0 Å². The Morgan fingerprint density at radius 1 is 1.00 bits per heavy atom. The van der Waals surface area contributed by atoms with E-state index in [0.29, 0.717) is 6.42 Å². The fourth-order valence-electron chi connectivity index (χ4n) is 3.96. The zero-order chi connectivity index (χ0) is 20.6. The van der Waals surface area contributed by atoms with Crippen LogP contribution in [0, 0.1) is 5.92 Å². The predicted molar refractivity (Wildman–Crippen MR) is 116 cm³/mol. The lowest BCUT2D eigenvalue weighted by atomic mass is 9.91. The molecule has 1 aliphatic rings. The van der Waals surface area contributed by atoms with Crippen molar-refractivity contribution in [3.05, 3.63) is 48.5 Å². The van der Waals surface area contributed by atoms with Crippen molar-refractivity contribution >= 4 is 23.2 Å². The van der Waals surface area contributed by atoms with Gasteiger partial charge in [-0.3, -0.25) is 14.5 Å². The Kier molecular flexibility index (Phi) is 5.33. The molecule has 2 aromatic rings. The Labute approximate surface area is 168 Å². The summed E-state index contributed by atoms with van der Waals surface area (Å²) in [5, 5.41) is 0. The van der Waals surface area contributed by atoms with E-state index in [-0.39, 0.29) is 23.3 Å². The highest BCUT2D eigenvalue weighted by molar-refractivity contribution is 6.14. The molecule has 2 amide bonds. The molecule has 1 aliphatic heterocycles. The first-order valence-corrected chi connectivity index (χ1v) is 10.0. The van der Waals surface area contributed by atoms with E-state index in [9.17, 15) is 9.59 Å². The third kappa shape index (κ3) is 3.44. The number of carbonyl (C=O) groups excluding carboxylic acids is 2. The smallest absolute Gasteiger partial charge is 0.250 e. The van der Waals surface area contributed by atoms with Crippen molar-refractivity contribution in [2.24, 2.45) is 5.92 Å². The van der Waals surface area contributed by atoms with Crippen molar-refractivity contribution in [1.82, 2.24) is 0 Å². The van der Waals surface area contributed by atoms with Crippen molar-refractivity contribution in [3.63, 3.8) is 0 Å². The van der Waals surface area contributed by atoms with Crippen molar-refractivity contribution < 1.29 is 9.59 Å². The van der Waals surface area contributed by atoms with Crippen LogP contribution in [-0.4, -0.2) is 23.4 Å². The molecule has 0 radical (unpaired) electrons. The second-order valence-corrected chi connectivity index (χ2v) is 8.72. The van der Waals surface area contributed by atoms with E-state index in [1.165, 1.54) is 0 Å². The SMILES string of the molecule is CCC(=O)N1c2cc(-c3ccccc3)ccc2N(C(C)(C)C)C(=O)C1C(C)C. The maximum absolute atomic E-state index is 13.5. The molecule has 0 aliphatic carbocycles. The number of nitrogens with zero attached hydrogens (tertiary/aromatic N) is 2. The van der Waals surface area contributed by atoms with Gasteiger partial charge < -0.3 is 4.90 Å². The molecule has 0 bridgehead atoms. The fourth-order valence-corrected chi connectivity index (χ4v) is 3.96. The summed E-state index contributed by atoms with van der Waals surface area (Å²) >= 11 is 0. The van der Waals surface area contributed by atoms with Gasteiger partial charge >= 0.3 is 0 Å². The van der Waals surface area contributed by atoms with E-state index in [1.54, 1.807) is 4.90 Å². The van der Waals surface area contributed by atoms with Gasteiger partial charge in [0.1, 0.15) is 6.04 Å². The van der Waals surface area contributed by atoms with Crippen molar-refractivity contribution in [2.75, 3.05) is 9.80 Å². The maximum Gasteiger partial charge on any atom is 0.250 e. The molecule has 2 aromatic carbocycles. The number of rotatable bonds is 3. The van der Waals surface area contributed by atoms with Gasteiger partial charge in [0, 0.05) is 12.0 Å². The third-order valence-corrected chi connectivity index (χ3v) is 5.21. The van der Waals surface area contributed by atoms with Gasteiger partial charge in [-0.2, -0.15) is 0 Å². The molecular formula is C24H30N2O2. The van der Waals surface area contributed by atoms with Crippen LogP contribution in [0.25, 0.3) is 11.1 Å². The molecule has 0 N–H and O–H groups in total. The normalized spacial score (nSPS) is 17.1. The standard InChI is InChI=1S/C24H30N2O2/c1-7-21(27)25-20-15-18(17-11-9-8-10-12-17)13-14-19(20)26(24(4,5)6)23(28)22(25)16(2)3/h8-16,22H,7H2,1-6H3. The number of amides is 2.